The van der Waals surface area contributed by atoms with E-state index in [4.69, 9.17) is 0 Å². The van der Waals surface area contributed by atoms with Gasteiger partial charge in [0.25, 0.3) is 0 Å². The van der Waals surface area contributed by atoms with Crippen LogP contribution in [0.4, 0.5) is 0 Å². The van der Waals surface area contributed by atoms with Crippen molar-refractivity contribution in [1.82, 2.24) is 0 Å². The van der Waals surface area contributed by atoms with Gasteiger partial charge in [-0.3, -0.25) is 0 Å². The molecule has 0 spiro atoms. The number of allylic oxidation sites excluding steroid dienone is 2. The average molecular weight is 134 g/mol. The summed E-state index contributed by atoms with van der Waals surface area (Å²) in [6.07, 6.45) is 9.01. The first-order valence-electron chi connectivity index (χ1n) is 4.66. The fourth-order valence-electron chi connectivity index (χ4n) is 3.16. The van der Waals surface area contributed by atoms with Gasteiger partial charge >= 0.3 is 0 Å². The lowest BCUT2D eigenvalue weighted by Gasteiger charge is -2.24. The smallest absolute Gasteiger partial charge is 0.0132 e. The van der Waals surface area contributed by atoms with Crippen LogP contribution in [0.1, 0.15) is 38.5 Å². The zero-order valence-electron chi connectivity index (χ0n) is 6.40. The van der Waals surface area contributed by atoms with E-state index in [0.717, 1.165) is 11.8 Å². The summed E-state index contributed by atoms with van der Waals surface area (Å²) < 4.78 is 0. The predicted octanol–water partition coefficient (Wildman–Crippen LogP) is 2.90. The van der Waals surface area contributed by atoms with Crippen LogP contribution in [0.5, 0.6) is 0 Å². The fourth-order valence-corrected chi connectivity index (χ4v) is 3.16. The lowest BCUT2D eigenvalue weighted by Crippen LogP contribution is -2.11. The molecule has 2 saturated carbocycles. The van der Waals surface area contributed by atoms with E-state index >= 15 is 0 Å². The molecule has 0 aromatic carbocycles. The molecule has 2 fully saturated rings. The van der Waals surface area contributed by atoms with Crippen molar-refractivity contribution < 1.29 is 0 Å². The van der Waals surface area contributed by atoms with Gasteiger partial charge < -0.3 is 0 Å². The molecule has 0 N–H and O–H groups in total. The summed E-state index contributed by atoms with van der Waals surface area (Å²) in [5, 5.41) is 0. The highest BCUT2D eigenvalue weighted by atomic mass is 14.5. The van der Waals surface area contributed by atoms with Gasteiger partial charge in [-0.1, -0.05) is 17.6 Å². The van der Waals surface area contributed by atoms with Crippen molar-refractivity contribution in [2.75, 3.05) is 0 Å². The largest absolute Gasteiger partial charge is 0.0698 e. The Morgan fingerprint density at radius 1 is 1.10 bits per heavy atom. The molecule has 10 heavy (non-hydrogen) atoms. The van der Waals surface area contributed by atoms with Crippen molar-refractivity contribution in [1.29, 1.82) is 0 Å². The van der Waals surface area contributed by atoms with Crippen LogP contribution in [-0.2, 0) is 0 Å². The monoisotopic (exact) mass is 134 g/mol. The molecule has 0 aromatic rings. The van der Waals surface area contributed by atoms with E-state index < -0.39 is 0 Å². The maximum Gasteiger partial charge on any atom is -0.0132 e. The van der Waals surface area contributed by atoms with Crippen LogP contribution in [0.3, 0.4) is 0 Å². The highest BCUT2D eigenvalue weighted by molar-refractivity contribution is 5.36. The van der Waals surface area contributed by atoms with E-state index in [-0.39, 0.29) is 0 Å². The molecule has 2 atom stereocenters. The second kappa shape index (κ2) is 1.66. The Bertz CT molecular complexity index is 200. The molecule has 0 aliphatic heterocycles. The van der Waals surface area contributed by atoms with Crippen molar-refractivity contribution >= 4 is 0 Å². The van der Waals surface area contributed by atoms with Crippen molar-refractivity contribution in [3.05, 3.63) is 11.1 Å². The van der Waals surface area contributed by atoms with E-state index in [1.54, 1.807) is 0 Å². The van der Waals surface area contributed by atoms with Gasteiger partial charge in [0.05, 0.1) is 0 Å². The molecule has 2 unspecified atom stereocenters. The van der Waals surface area contributed by atoms with Crippen molar-refractivity contribution in [2.24, 2.45) is 11.8 Å². The molecular weight excluding hydrogens is 120 g/mol. The number of hydrogen-bond donors (Lipinski definition) is 0. The Balaban J connectivity index is 1.99. The van der Waals surface area contributed by atoms with Crippen LogP contribution in [0.15, 0.2) is 11.1 Å². The summed E-state index contributed by atoms with van der Waals surface area (Å²) in [5.74, 6) is 2.21. The third kappa shape index (κ3) is 0.492. The van der Waals surface area contributed by atoms with Crippen LogP contribution in [0, 0.1) is 11.8 Å². The second-order valence-electron chi connectivity index (χ2n) is 4.15. The summed E-state index contributed by atoms with van der Waals surface area (Å²) >= 11 is 0. The van der Waals surface area contributed by atoms with Gasteiger partial charge in [0.15, 0.2) is 0 Å². The molecule has 4 bridgehead atoms. The van der Waals surface area contributed by atoms with Gasteiger partial charge in [-0.15, -0.1) is 0 Å². The molecule has 4 rings (SSSR count). The van der Waals surface area contributed by atoms with Gasteiger partial charge in [0.2, 0.25) is 0 Å². The maximum atomic E-state index is 1.91. The normalized spacial score (nSPS) is 43.2. The van der Waals surface area contributed by atoms with Crippen LogP contribution in [-0.4, -0.2) is 0 Å². The predicted molar refractivity (Wildman–Crippen MR) is 41.7 cm³/mol. The highest BCUT2D eigenvalue weighted by Gasteiger charge is 2.43. The first kappa shape index (κ1) is 5.40. The van der Waals surface area contributed by atoms with Crippen molar-refractivity contribution in [3.63, 3.8) is 0 Å². The first-order valence-corrected chi connectivity index (χ1v) is 4.66. The summed E-state index contributed by atoms with van der Waals surface area (Å²) in [6.45, 7) is 0. The first-order chi connectivity index (χ1) is 4.95. The van der Waals surface area contributed by atoms with E-state index in [1.807, 2.05) is 11.1 Å². The van der Waals surface area contributed by atoms with Gasteiger partial charge in [-0.25, -0.2) is 0 Å². The maximum absolute atomic E-state index is 1.91. The highest BCUT2D eigenvalue weighted by Crippen LogP contribution is 2.57. The Morgan fingerprint density at radius 2 is 2.10 bits per heavy atom. The lowest BCUT2D eigenvalue weighted by molar-refractivity contribution is 0.423. The Kier molecular flexibility index (Phi) is 0.898. The molecule has 0 heteroatoms. The Labute approximate surface area is 62.3 Å². The third-order valence-electron chi connectivity index (χ3n) is 3.72. The van der Waals surface area contributed by atoms with Gasteiger partial charge in [-0.2, -0.15) is 0 Å². The van der Waals surface area contributed by atoms with E-state index in [9.17, 15) is 0 Å². The molecule has 4 aliphatic carbocycles. The molecule has 0 saturated heterocycles. The standard InChI is InChI=1S/C10H14/c1-2-4-9-8-5-7(3-1)10(9)6-8/h7,10H,1-6H2. The number of rotatable bonds is 0. The third-order valence-corrected chi connectivity index (χ3v) is 3.72. The van der Waals surface area contributed by atoms with Gasteiger partial charge in [-0.05, 0) is 43.9 Å². The van der Waals surface area contributed by atoms with Gasteiger partial charge in [0.1, 0.15) is 0 Å². The van der Waals surface area contributed by atoms with Crippen LogP contribution in [0.2, 0.25) is 0 Å². The Hall–Kier alpha value is -0.260. The molecule has 54 valence electrons. The minimum Gasteiger partial charge on any atom is -0.0698 e. The van der Waals surface area contributed by atoms with E-state index in [1.165, 1.54) is 38.5 Å². The summed E-state index contributed by atoms with van der Waals surface area (Å²) in [4.78, 5) is 0. The molecule has 0 radical (unpaired) electrons. The minimum atomic E-state index is 1.09. The van der Waals surface area contributed by atoms with Gasteiger partial charge in [0, 0.05) is 0 Å². The minimum absolute atomic E-state index is 1.09. The quantitative estimate of drug-likeness (QED) is 0.447. The molecule has 4 aliphatic rings. The van der Waals surface area contributed by atoms with Crippen molar-refractivity contribution in [2.45, 2.75) is 38.5 Å². The Morgan fingerprint density at radius 3 is 3.10 bits per heavy atom. The van der Waals surface area contributed by atoms with Crippen LogP contribution < -0.4 is 0 Å². The van der Waals surface area contributed by atoms with Crippen LogP contribution >= 0.6 is 0 Å². The molecule has 0 heterocycles. The SMILES string of the molecule is C1CCC2CC3=C(C1)C2C3. The van der Waals surface area contributed by atoms with Crippen molar-refractivity contribution in [3.8, 4) is 0 Å². The zero-order valence-corrected chi connectivity index (χ0v) is 6.40. The summed E-state index contributed by atoms with van der Waals surface area (Å²) in [5.41, 5.74) is 3.78. The average Bonchev–Trinajstić information content (AvgIpc) is 2.36. The van der Waals surface area contributed by atoms with Crippen LogP contribution in [0.25, 0.3) is 0 Å². The molecule has 0 nitrogen and oxygen atoms in total. The summed E-state index contributed by atoms with van der Waals surface area (Å²) in [6, 6.07) is 0. The second-order valence-corrected chi connectivity index (χ2v) is 4.15. The molecular formula is C10H14. The topological polar surface area (TPSA) is 0 Å². The summed E-state index contributed by atoms with van der Waals surface area (Å²) in [7, 11) is 0. The van der Waals surface area contributed by atoms with E-state index in [0.29, 0.717) is 0 Å². The number of hydrogen-bond acceptors (Lipinski definition) is 0. The van der Waals surface area contributed by atoms with E-state index in [2.05, 4.69) is 0 Å². The zero-order chi connectivity index (χ0) is 6.55. The fraction of sp³-hybridized carbons (Fsp3) is 0.800. The lowest BCUT2D eigenvalue weighted by atomic mass is 9.81. The molecule has 0 aromatic heterocycles. The molecule has 0 amide bonds.